The Morgan fingerprint density at radius 1 is 0.964 bits per heavy atom. The van der Waals surface area contributed by atoms with Crippen LogP contribution in [0.2, 0.25) is 0 Å². The minimum Gasteiger partial charge on any atom is -0.272 e. The van der Waals surface area contributed by atoms with Crippen LogP contribution in [-0.4, -0.2) is 22.7 Å². The summed E-state index contributed by atoms with van der Waals surface area (Å²) >= 11 is 0. The lowest BCUT2D eigenvalue weighted by Gasteiger charge is -2.21. The molecule has 1 aromatic carbocycles. The molecule has 0 aromatic heterocycles. The Kier molecular flexibility index (Phi) is 4.25. The summed E-state index contributed by atoms with van der Waals surface area (Å²) in [5.41, 5.74) is 6.67. The number of fused-ring (bicyclic) bond motifs is 5. The highest BCUT2D eigenvalue weighted by atomic mass is 16.2. The van der Waals surface area contributed by atoms with Crippen LogP contribution < -0.4 is 5.43 Å². The first kappa shape index (κ1) is 18.9. The number of nitrogens with zero attached hydrogens (tertiary/aromatic N) is 1. The van der Waals surface area contributed by atoms with Crippen molar-refractivity contribution in [3.05, 3.63) is 46.5 Å². The predicted molar refractivity (Wildman–Crippen MR) is 106 cm³/mol. The molecular weight excluding hydrogens is 352 g/mol. The average Bonchev–Trinajstić information content (AvgIpc) is 3.27. The van der Waals surface area contributed by atoms with Gasteiger partial charge in [0.2, 0.25) is 0 Å². The molecular formula is C23H28N2O3. The lowest BCUT2D eigenvalue weighted by atomic mass is 9.81. The number of rotatable bonds is 2. The van der Waals surface area contributed by atoms with Gasteiger partial charge >= 0.3 is 0 Å². The van der Waals surface area contributed by atoms with Gasteiger partial charge in [0.05, 0.1) is 11.8 Å². The van der Waals surface area contributed by atoms with Gasteiger partial charge in [0.15, 0.2) is 0 Å². The second-order valence-corrected chi connectivity index (χ2v) is 9.58. The van der Waals surface area contributed by atoms with Crippen LogP contribution >= 0.6 is 0 Å². The van der Waals surface area contributed by atoms with Crippen molar-refractivity contribution in [3.63, 3.8) is 0 Å². The number of hydrogen-bond donors (Lipinski definition) is 1. The Bertz CT molecular complexity index is 855. The smallest absolute Gasteiger partial charge is 0.270 e. The van der Waals surface area contributed by atoms with Crippen LogP contribution in [0.25, 0.3) is 0 Å². The van der Waals surface area contributed by atoms with Gasteiger partial charge in [-0.3, -0.25) is 19.8 Å². The molecule has 3 aliphatic rings. The highest BCUT2D eigenvalue weighted by Crippen LogP contribution is 2.59. The molecule has 5 nitrogen and oxygen atoms in total. The third kappa shape index (κ3) is 2.71. The Labute approximate surface area is 166 Å². The van der Waals surface area contributed by atoms with Crippen LogP contribution in [0.3, 0.4) is 0 Å². The van der Waals surface area contributed by atoms with Gasteiger partial charge in [0.25, 0.3) is 17.7 Å². The van der Waals surface area contributed by atoms with Gasteiger partial charge in [-0.25, -0.2) is 0 Å². The van der Waals surface area contributed by atoms with Crippen molar-refractivity contribution in [1.82, 2.24) is 10.4 Å². The van der Waals surface area contributed by atoms with Gasteiger partial charge < -0.3 is 0 Å². The fourth-order valence-corrected chi connectivity index (χ4v) is 5.39. The van der Waals surface area contributed by atoms with Gasteiger partial charge in [-0.1, -0.05) is 44.1 Å². The zero-order chi connectivity index (χ0) is 20.4. The molecule has 1 N–H and O–H groups in total. The number of hydrazine groups is 1. The molecule has 2 bridgehead atoms. The molecule has 4 rings (SSSR count). The number of benzene rings is 1. The van der Waals surface area contributed by atoms with Crippen molar-refractivity contribution >= 4 is 17.7 Å². The molecule has 1 saturated heterocycles. The van der Waals surface area contributed by atoms with E-state index in [0.29, 0.717) is 5.56 Å². The minimum absolute atomic E-state index is 0.00472. The van der Waals surface area contributed by atoms with E-state index in [1.54, 1.807) is 12.1 Å². The fraction of sp³-hybridized carbons (Fsp3) is 0.522. The summed E-state index contributed by atoms with van der Waals surface area (Å²) in [6.07, 6.45) is 1.92. The van der Waals surface area contributed by atoms with Crippen LogP contribution in [0, 0.1) is 23.7 Å². The van der Waals surface area contributed by atoms with E-state index in [1.807, 2.05) is 12.1 Å². The number of hydrogen-bond acceptors (Lipinski definition) is 3. The largest absolute Gasteiger partial charge is 0.272 e. The SMILES string of the molecule is CC(C)=C1C2CCC1C1C(=O)N(NC(=O)c3ccc(C(C)(C)C)cc3)C(=O)C21. The van der Waals surface area contributed by atoms with E-state index in [-0.39, 0.29) is 40.9 Å². The Morgan fingerprint density at radius 3 is 1.89 bits per heavy atom. The zero-order valence-corrected chi connectivity index (χ0v) is 17.2. The summed E-state index contributed by atoms with van der Waals surface area (Å²) in [6.45, 7) is 10.5. The summed E-state index contributed by atoms with van der Waals surface area (Å²) in [5, 5.41) is 0.989. The van der Waals surface area contributed by atoms with Crippen LogP contribution in [0.1, 0.15) is 63.4 Å². The molecule has 3 amide bonds. The summed E-state index contributed by atoms with van der Waals surface area (Å²) in [6, 6.07) is 7.32. The maximum Gasteiger partial charge on any atom is 0.270 e. The maximum atomic E-state index is 13.0. The third-order valence-electron chi connectivity index (χ3n) is 6.66. The van der Waals surface area contributed by atoms with E-state index in [2.05, 4.69) is 40.0 Å². The van der Waals surface area contributed by atoms with Gasteiger partial charge in [-0.05, 0) is 61.6 Å². The quantitative estimate of drug-likeness (QED) is 0.630. The number of carbonyl (C=O) groups excluding carboxylic acids is 3. The average molecular weight is 380 g/mol. The van der Waals surface area contributed by atoms with E-state index in [9.17, 15) is 14.4 Å². The van der Waals surface area contributed by atoms with Crippen LogP contribution in [0.4, 0.5) is 0 Å². The van der Waals surface area contributed by atoms with E-state index >= 15 is 0 Å². The van der Waals surface area contributed by atoms with Crippen molar-refractivity contribution in [2.75, 3.05) is 0 Å². The van der Waals surface area contributed by atoms with Gasteiger partial charge in [0.1, 0.15) is 0 Å². The standard InChI is InChI=1S/C23H28N2O3/c1-12(2)17-15-10-11-16(17)19-18(15)21(27)25(22(19)28)24-20(26)13-6-8-14(9-7-13)23(3,4)5/h6-9,15-16,18-19H,10-11H2,1-5H3,(H,24,26). The van der Waals surface area contributed by atoms with Crippen LogP contribution in [-0.2, 0) is 15.0 Å². The summed E-state index contributed by atoms with van der Waals surface area (Å²) in [7, 11) is 0. The number of carbonyl (C=O) groups is 3. The summed E-state index contributed by atoms with van der Waals surface area (Å²) in [5.74, 6) is -1.22. The van der Waals surface area contributed by atoms with Crippen molar-refractivity contribution in [2.45, 2.75) is 52.9 Å². The first-order chi connectivity index (χ1) is 13.1. The number of allylic oxidation sites excluding steroid dienone is 2. The van der Waals surface area contributed by atoms with E-state index in [4.69, 9.17) is 0 Å². The predicted octanol–water partition coefficient (Wildman–Crippen LogP) is 3.61. The lowest BCUT2D eigenvalue weighted by Crippen LogP contribution is -2.47. The second kappa shape index (κ2) is 6.29. The van der Waals surface area contributed by atoms with Crippen molar-refractivity contribution < 1.29 is 14.4 Å². The second-order valence-electron chi connectivity index (χ2n) is 9.58. The monoisotopic (exact) mass is 380 g/mol. The molecule has 2 saturated carbocycles. The number of amides is 3. The first-order valence-corrected chi connectivity index (χ1v) is 10.1. The Balaban J connectivity index is 1.53. The molecule has 4 unspecified atom stereocenters. The van der Waals surface area contributed by atoms with E-state index in [1.165, 1.54) is 11.1 Å². The number of nitrogens with one attached hydrogen (secondary N) is 1. The fourth-order valence-electron chi connectivity index (χ4n) is 5.39. The van der Waals surface area contributed by atoms with Gasteiger partial charge in [-0.2, -0.15) is 5.01 Å². The summed E-state index contributed by atoms with van der Waals surface area (Å²) < 4.78 is 0. The lowest BCUT2D eigenvalue weighted by molar-refractivity contribution is -0.143. The van der Waals surface area contributed by atoms with Crippen molar-refractivity contribution in [1.29, 1.82) is 0 Å². The van der Waals surface area contributed by atoms with E-state index in [0.717, 1.165) is 23.4 Å². The van der Waals surface area contributed by atoms with E-state index < -0.39 is 5.91 Å². The molecule has 2 aliphatic carbocycles. The molecule has 4 atom stereocenters. The van der Waals surface area contributed by atoms with Gasteiger partial charge in [-0.15, -0.1) is 0 Å². The van der Waals surface area contributed by atoms with Crippen LogP contribution in [0.5, 0.6) is 0 Å². The molecule has 0 spiro atoms. The molecule has 1 aliphatic heterocycles. The molecule has 0 radical (unpaired) electrons. The third-order valence-corrected chi connectivity index (χ3v) is 6.66. The van der Waals surface area contributed by atoms with Crippen LogP contribution in [0.15, 0.2) is 35.4 Å². The maximum absolute atomic E-state index is 13.0. The highest BCUT2D eigenvalue weighted by Gasteiger charge is 2.63. The van der Waals surface area contributed by atoms with Gasteiger partial charge in [0, 0.05) is 5.56 Å². The highest BCUT2D eigenvalue weighted by molar-refractivity contribution is 6.09. The van der Waals surface area contributed by atoms with Crippen molar-refractivity contribution in [3.8, 4) is 0 Å². The normalized spacial score (nSPS) is 28.8. The minimum atomic E-state index is -0.420. The molecule has 5 heteroatoms. The summed E-state index contributed by atoms with van der Waals surface area (Å²) in [4.78, 5) is 38.6. The topological polar surface area (TPSA) is 66.5 Å². The zero-order valence-electron chi connectivity index (χ0n) is 17.2. The molecule has 1 heterocycles. The van der Waals surface area contributed by atoms with Crippen molar-refractivity contribution in [2.24, 2.45) is 23.7 Å². The molecule has 1 aromatic rings. The molecule has 28 heavy (non-hydrogen) atoms. The molecule has 148 valence electrons. The number of imide groups is 1. The first-order valence-electron chi connectivity index (χ1n) is 10.1. The molecule has 3 fully saturated rings. The Morgan fingerprint density at radius 2 is 1.46 bits per heavy atom. The Hall–Kier alpha value is -2.43.